The molecule has 0 aliphatic heterocycles. The lowest BCUT2D eigenvalue weighted by molar-refractivity contribution is -0.314. The minimum atomic E-state index is -1.09. The third-order valence-electron chi connectivity index (χ3n) is 6.03. The van der Waals surface area contributed by atoms with Crippen LogP contribution in [0.2, 0.25) is 0 Å². The first-order chi connectivity index (χ1) is 12.4. The zero-order chi connectivity index (χ0) is 18.4. The lowest BCUT2D eigenvalue weighted by Gasteiger charge is -2.30. The Hall–Kier alpha value is -2.21. The molecule has 136 valence electrons. The van der Waals surface area contributed by atoms with Gasteiger partial charge in [0, 0.05) is 28.7 Å². The highest BCUT2D eigenvalue weighted by atomic mass is 32.1. The number of carbonyl (C=O) groups is 2. The third-order valence-corrected chi connectivity index (χ3v) is 6.79. The van der Waals surface area contributed by atoms with E-state index in [1.165, 1.54) is 22.5 Å². The molecule has 4 rings (SSSR count). The molecule has 1 aromatic heterocycles. The van der Waals surface area contributed by atoms with Crippen LogP contribution >= 0.6 is 11.3 Å². The maximum atomic E-state index is 12.7. The smallest absolute Gasteiger partial charge is 0.230 e. The zero-order valence-electron chi connectivity index (χ0n) is 14.8. The molecule has 2 fully saturated rings. The second-order valence-corrected chi connectivity index (χ2v) is 8.39. The van der Waals surface area contributed by atoms with Gasteiger partial charge in [0.2, 0.25) is 5.91 Å². The van der Waals surface area contributed by atoms with Crippen LogP contribution in [0, 0.1) is 37.5 Å². The number of aliphatic carboxylic acids is 1. The average molecular weight is 369 g/mol. The van der Waals surface area contributed by atoms with Crippen LogP contribution in [0.3, 0.4) is 0 Å². The van der Waals surface area contributed by atoms with Crippen LogP contribution in [-0.2, 0) is 9.59 Å². The van der Waals surface area contributed by atoms with Gasteiger partial charge in [-0.05, 0) is 62.1 Å². The Labute approximate surface area is 156 Å². The summed E-state index contributed by atoms with van der Waals surface area (Å²) in [7, 11) is 0. The van der Waals surface area contributed by atoms with E-state index in [1.807, 2.05) is 11.4 Å². The number of amides is 1. The van der Waals surface area contributed by atoms with Gasteiger partial charge in [-0.2, -0.15) is 0 Å². The number of nitrogens with one attached hydrogen (secondary N) is 1. The topological polar surface area (TPSA) is 82.1 Å². The SMILES string of the molecule is Cc1ccc(-c2csc(NC(=O)[C@H]3[C@H]4CC[C@@H](C4)[C@@H]3C(=O)[O-])n2)cc1C. The number of carboxylic acid groups (broad SMARTS) is 1. The van der Waals surface area contributed by atoms with Crippen molar-refractivity contribution in [3.8, 4) is 11.3 Å². The molecule has 4 atom stereocenters. The van der Waals surface area contributed by atoms with Crippen LogP contribution < -0.4 is 10.4 Å². The fourth-order valence-corrected chi connectivity index (χ4v) is 5.28. The number of benzene rings is 1. The average Bonchev–Trinajstić information content (AvgIpc) is 3.32. The Morgan fingerprint density at radius 3 is 2.58 bits per heavy atom. The maximum Gasteiger partial charge on any atom is 0.230 e. The van der Waals surface area contributed by atoms with Crippen LogP contribution in [0.1, 0.15) is 30.4 Å². The van der Waals surface area contributed by atoms with Gasteiger partial charge in [-0.1, -0.05) is 12.1 Å². The van der Waals surface area contributed by atoms with Gasteiger partial charge in [-0.3, -0.25) is 4.79 Å². The highest BCUT2D eigenvalue weighted by molar-refractivity contribution is 7.14. The van der Waals surface area contributed by atoms with Crippen LogP contribution in [-0.4, -0.2) is 16.9 Å². The van der Waals surface area contributed by atoms with E-state index in [9.17, 15) is 14.7 Å². The highest BCUT2D eigenvalue weighted by Crippen LogP contribution is 2.52. The summed E-state index contributed by atoms with van der Waals surface area (Å²) in [5, 5.41) is 16.8. The van der Waals surface area contributed by atoms with Crippen molar-refractivity contribution in [1.82, 2.24) is 4.98 Å². The van der Waals surface area contributed by atoms with Gasteiger partial charge in [0.25, 0.3) is 0 Å². The van der Waals surface area contributed by atoms with Gasteiger partial charge in [0.05, 0.1) is 5.69 Å². The number of aryl methyl sites for hydroxylation is 2. The number of nitrogens with zero attached hydrogens (tertiary/aromatic N) is 1. The fraction of sp³-hybridized carbons (Fsp3) is 0.450. The van der Waals surface area contributed by atoms with Crippen molar-refractivity contribution in [3.05, 3.63) is 34.7 Å². The minimum Gasteiger partial charge on any atom is -0.550 e. The Kier molecular flexibility index (Phi) is 4.31. The molecule has 5 nitrogen and oxygen atoms in total. The van der Waals surface area contributed by atoms with Crippen LogP contribution in [0.5, 0.6) is 0 Å². The van der Waals surface area contributed by atoms with E-state index in [0.29, 0.717) is 5.13 Å². The minimum absolute atomic E-state index is 0.0862. The number of anilines is 1. The van der Waals surface area contributed by atoms with E-state index in [-0.39, 0.29) is 17.7 Å². The van der Waals surface area contributed by atoms with E-state index in [4.69, 9.17) is 0 Å². The van der Waals surface area contributed by atoms with Crippen LogP contribution in [0.25, 0.3) is 11.3 Å². The number of fused-ring (bicyclic) bond motifs is 2. The van der Waals surface area contributed by atoms with Gasteiger partial charge in [0.15, 0.2) is 5.13 Å². The molecule has 1 N–H and O–H groups in total. The molecule has 6 heteroatoms. The summed E-state index contributed by atoms with van der Waals surface area (Å²) in [6.45, 7) is 4.12. The molecule has 0 spiro atoms. The normalized spacial score (nSPS) is 26.8. The first kappa shape index (κ1) is 17.2. The lowest BCUT2D eigenvalue weighted by Crippen LogP contribution is -2.43. The first-order valence-electron chi connectivity index (χ1n) is 8.99. The van der Waals surface area contributed by atoms with Gasteiger partial charge >= 0.3 is 0 Å². The van der Waals surface area contributed by atoms with Crippen LogP contribution in [0.4, 0.5) is 5.13 Å². The Morgan fingerprint density at radius 1 is 1.15 bits per heavy atom. The van der Waals surface area contributed by atoms with Crippen molar-refractivity contribution in [2.75, 3.05) is 5.32 Å². The van der Waals surface area contributed by atoms with Crippen molar-refractivity contribution in [2.24, 2.45) is 23.7 Å². The number of thiazole rings is 1. The number of aromatic nitrogens is 1. The Balaban J connectivity index is 1.51. The number of hydrogen-bond donors (Lipinski definition) is 1. The summed E-state index contributed by atoms with van der Waals surface area (Å²) in [4.78, 5) is 28.7. The second kappa shape index (κ2) is 6.50. The standard InChI is InChI=1S/C20H22N2O3S/c1-10-3-4-12(7-11(10)2)15-9-26-20(21-15)22-18(23)16-13-5-6-14(8-13)17(16)19(24)25/h3-4,7,9,13-14,16-17H,5-6,8H2,1-2H3,(H,24,25)(H,21,22,23)/p-1/t13-,14-,16-,17-/m0/s1. The first-order valence-corrected chi connectivity index (χ1v) is 9.87. The largest absolute Gasteiger partial charge is 0.550 e. The van der Waals surface area contributed by atoms with E-state index >= 15 is 0 Å². The summed E-state index contributed by atoms with van der Waals surface area (Å²) in [6, 6.07) is 6.16. The Bertz CT molecular complexity index is 876. The quantitative estimate of drug-likeness (QED) is 0.898. The van der Waals surface area contributed by atoms with E-state index < -0.39 is 17.8 Å². The summed E-state index contributed by atoms with van der Waals surface area (Å²) < 4.78 is 0. The van der Waals surface area contributed by atoms with Crippen molar-refractivity contribution < 1.29 is 14.7 Å². The zero-order valence-corrected chi connectivity index (χ0v) is 15.6. The number of rotatable bonds is 4. The summed E-state index contributed by atoms with van der Waals surface area (Å²) >= 11 is 1.37. The molecule has 1 heterocycles. The van der Waals surface area contributed by atoms with E-state index in [2.05, 4.69) is 36.3 Å². The van der Waals surface area contributed by atoms with Gasteiger partial charge in [-0.25, -0.2) is 4.98 Å². The molecule has 2 saturated carbocycles. The number of carbonyl (C=O) groups excluding carboxylic acids is 2. The predicted octanol–water partition coefficient (Wildman–Crippen LogP) is 2.78. The summed E-state index contributed by atoms with van der Waals surface area (Å²) in [5.41, 5.74) is 4.25. The monoisotopic (exact) mass is 369 g/mol. The molecule has 2 aliphatic rings. The highest BCUT2D eigenvalue weighted by Gasteiger charge is 2.51. The number of hydrogen-bond acceptors (Lipinski definition) is 5. The molecular weight excluding hydrogens is 348 g/mol. The molecule has 2 bridgehead atoms. The fourth-order valence-electron chi connectivity index (χ4n) is 4.56. The second-order valence-electron chi connectivity index (χ2n) is 7.53. The molecule has 2 aromatic rings. The van der Waals surface area contributed by atoms with Gasteiger partial charge in [0.1, 0.15) is 0 Å². The predicted molar refractivity (Wildman–Crippen MR) is 98.5 cm³/mol. The van der Waals surface area contributed by atoms with Crippen molar-refractivity contribution in [2.45, 2.75) is 33.1 Å². The molecule has 1 amide bonds. The van der Waals surface area contributed by atoms with Gasteiger partial charge in [-0.15, -0.1) is 11.3 Å². The van der Waals surface area contributed by atoms with Crippen molar-refractivity contribution >= 4 is 28.3 Å². The molecule has 0 radical (unpaired) electrons. The molecule has 26 heavy (non-hydrogen) atoms. The molecular formula is C20H21N2O3S-. The number of carboxylic acids is 1. The molecule has 2 aliphatic carbocycles. The molecule has 1 aromatic carbocycles. The van der Waals surface area contributed by atoms with E-state index in [1.54, 1.807) is 0 Å². The molecule has 0 unspecified atom stereocenters. The van der Waals surface area contributed by atoms with E-state index in [0.717, 1.165) is 30.5 Å². The Morgan fingerprint density at radius 2 is 1.88 bits per heavy atom. The third kappa shape index (κ3) is 2.92. The lowest BCUT2D eigenvalue weighted by atomic mass is 9.79. The van der Waals surface area contributed by atoms with Crippen LogP contribution in [0.15, 0.2) is 23.6 Å². The van der Waals surface area contributed by atoms with Gasteiger partial charge < -0.3 is 15.2 Å². The van der Waals surface area contributed by atoms with Crippen molar-refractivity contribution in [1.29, 1.82) is 0 Å². The van der Waals surface area contributed by atoms with Crippen molar-refractivity contribution in [3.63, 3.8) is 0 Å². The summed E-state index contributed by atoms with van der Waals surface area (Å²) in [6.07, 6.45) is 2.64. The maximum absolute atomic E-state index is 12.7. The summed E-state index contributed by atoms with van der Waals surface area (Å²) in [5.74, 6) is -2.23. The molecule has 0 saturated heterocycles.